The van der Waals surface area contributed by atoms with Gasteiger partial charge in [-0.1, -0.05) is 66.7 Å². The van der Waals surface area contributed by atoms with E-state index in [-0.39, 0.29) is 5.91 Å². The third-order valence-corrected chi connectivity index (χ3v) is 5.12. The highest BCUT2D eigenvalue weighted by atomic mass is 16.5. The summed E-state index contributed by atoms with van der Waals surface area (Å²) >= 11 is 0. The highest BCUT2D eigenvalue weighted by molar-refractivity contribution is 6.03. The zero-order chi connectivity index (χ0) is 20.2. The van der Waals surface area contributed by atoms with Gasteiger partial charge in [-0.2, -0.15) is 0 Å². The molecule has 4 nitrogen and oxygen atoms in total. The molecule has 0 heterocycles. The molecule has 0 aromatic heterocycles. The second-order valence-corrected chi connectivity index (χ2v) is 6.92. The second-order valence-electron chi connectivity index (χ2n) is 6.92. The lowest BCUT2D eigenvalue weighted by atomic mass is 9.92. The van der Waals surface area contributed by atoms with E-state index in [1.807, 2.05) is 42.5 Å². The Morgan fingerprint density at radius 2 is 1.38 bits per heavy atom. The van der Waals surface area contributed by atoms with Gasteiger partial charge in [-0.3, -0.25) is 4.79 Å². The minimum absolute atomic E-state index is 0.300. The van der Waals surface area contributed by atoms with E-state index in [1.165, 1.54) is 7.11 Å². The van der Waals surface area contributed by atoms with Gasteiger partial charge in [0.1, 0.15) is 6.04 Å². The first-order valence-corrected chi connectivity index (χ1v) is 9.50. The number of hydrogen-bond acceptors (Lipinski definition) is 3. The molecule has 0 unspecified atom stereocenters. The predicted octanol–water partition coefficient (Wildman–Crippen LogP) is 4.51. The molecule has 4 aromatic rings. The van der Waals surface area contributed by atoms with E-state index < -0.39 is 12.0 Å². The van der Waals surface area contributed by atoms with Crippen molar-refractivity contribution in [2.75, 3.05) is 7.11 Å². The first-order chi connectivity index (χ1) is 14.2. The highest BCUT2D eigenvalue weighted by Crippen LogP contribution is 2.29. The lowest BCUT2D eigenvalue weighted by Crippen LogP contribution is -2.43. The van der Waals surface area contributed by atoms with Crippen molar-refractivity contribution in [2.45, 2.75) is 12.5 Å². The smallest absolute Gasteiger partial charge is 0.328 e. The Kier molecular flexibility index (Phi) is 5.25. The van der Waals surface area contributed by atoms with E-state index in [1.54, 1.807) is 24.3 Å². The van der Waals surface area contributed by atoms with E-state index in [4.69, 9.17) is 4.74 Å². The average molecular weight is 383 g/mol. The number of ether oxygens (including phenoxy) is 1. The van der Waals surface area contributed by atoms with E-state index in [0.29, 0.717) is 12.0 Å². The van der Waals surface area contributed by atoms with Gasteiger partial charge < -0.3 is 10.1 Å². The van der Waals surface area contributed by atoms with E-state index in [0.717, 1.165) is 27.1 Å². The van der Waals surface area contributed by atoms with Gasteiger partial charge >= 0.3 is 5.97 Å². The van der Waals surface area contributed by atoms with Crippen LogP contribution >= 0.6 is 0 Å². The number of carbonyl (C=O) groups is 2. The van der Waals surface area contributed by atoms with Gasteiger partial charge in [-0.15, -0.1) is 0 Å². The molecule has 0 aliphatic rings. The molecule has 0 saturated carbocycles. The van der Waals surface area contributed by atoms with Crippen LogP contribution in [0.3, 0.4) is 0 Å². The van der Waals surface area contributed by atoms with Gasteiger partial charge in [-0.25, -0.2) is 4.79 Å². The maximum absolute atomic E-state index is 12.7. The minimum atomic E-state index is -0.790. The minimum Gasteiger partial charge on any atom is -0.467 e. The van der Waals surface area contributed by atoms with Crippen molar-refractivity contribution in [3.8, 4) is 0 Å². The summed E-state index contributed by atoms with van der Waals surface area (Å²) in [4.78, 5) is 25.2. The largest absolute Gasteiger partial charge is 0.467 e. The van der Waals surface area contributed by atoms with E-state index >= 15 is 0 Å². The number of rotatable bonds is 5. The van der Waals surface area contributed by atoms with Gasteiger partial charge in [0.25, 0.3) is 5.91 Å². The Morgan fingerprint density at radius 3 is 1.97 bits per heavy atom. The van der Waals surface area contributed by atoms with Crippen LogP contribution in [0.1, 0.15) is 15.9 Å². The zero-order valence-electron chi connectivity index (χ0n) is 16.1. The number of fused-ring (bicyclic) bond motifs is 2. The number of esters is 1. The molecule has 0 aliphatic heterocycles. The van der Waals surface area contributed by atoms with Crippen LogP contribution in [0.2, 0.25) is 0 Å². The van der Waals surface area contributed by atoms with Gasteiger partial charge in [-0.05, 0) is 45.3 Å². The highest BCUT2D eigenvalue weighted by Gasteiger charge is 2.24. The fraction of sp³-hybridized carbons (Fsp3) is 0.120. The topological polar surface area (TPSA) is 55.4 Å². The third kappa shape index (κ3) is 3.83. The summed E-state index contributed by atoms with van der Waals surface area (Å²) in [6.07, 6.45) is 0.340. The van der Waals surface area contributed by atoms with Crippen molar-refractivity contribution >= 4 is 33.4 Å². The molecule has 0 spiro atoms. The van der Waals surface area contributed by atoms with Crippen LogP contribution in [0.15, 0.2) is 84.9 Å². The summed E-state index contributed by atoms with van der Waals surface area (Å²) in [6, 6.07) is 26.4. The number of hydrogen-bond donors (Lipinski definition) is 1. The lowest BCUT2D eigenvalue weighted by molar-refractivity contribution is -0.142. The Bertz CT molecular complexity index is 1130. The summed E-state index contributed by atoms with van der Waals surface area (Å²) in [7, 11) is 1.34. The fourth-order valence-corrected chi connectivity index (χ4v) is 3.70. The normalized spacial score (nSPS) is 11.9. The standard InChI is InChI=1S/C25H21NO3/c1-29-25(28)23(26-24(27)17-9-3-2-4-10-17)16-22-20-13-7-5-11-18(20)15-19-12-6-8-14-21(19)22/h2-15,23H,16H2,1H3,(H,26,27)/t23-/m1/s1. The van der Waals surface area contributed by atoms with Gasteiger partial charge in [0, 0.05) is 12.0 Å². The molecular weight excluding hydrogens is 362 g/mol. The summed E-state index contributed by atoms with van der Waals surface area (Å²) in [5.74, 6) is -0.767. The summed E-state index contributed by atoms with van der Waals surface area (Å²) < 4.78 is 4.99. The van der Waals surface area contributed by atoms with E-state index in [2.05, 4.69) is 23.5 Å². The maximum atomic E-state index is 12.7. The quantitative estimate of drug-likeness (QED) is 0.408. The maximum Gasteiger partial charge on any atom is 0.328 e. The number of benzene rings is 4. The third-order valence-electron chi connectivity index (χ3n) is 5.12. The van der Waals surface area contributed by atoms with Crippen molar-refractivity contribution in [3.05, 3.63) is 96.1 Å². The van der Waals surface area contributed by atoms with Crippen molar-refractivity contribution in [1.29, 1.82) is 0 Å². The molecule has 1 N–H and O–H groups in total. The lowest BCUT2D eigenvalue weighted by Gasteiger charge is -2.19. The van der Waals surface area contributed by atoms with Crippen LogP contribution in [0, 0.1) is 0 Å². The molecule has 29 heavy (non-hydrogen) atoms. The first-order valence-electron chi connectivity index (χ1n) is 9.50. The van der Waals surface area contributed by atoms with Crippen LogP contribution in [0.25, 0.3) is 21.5 Å². The molecule has 0 radical (unpaired) electrons. The average Bonchev–Trinajstić information content (AvgIpc) is 2.78. The number of methoxy groups -OCH3 is 1. The van der Waals surface area contributed by atoms with Crippen LogP contribution < -0.4 is 5.32 Å². The Hall–Kier alpha value is -3.66. The zero-order valence-corrected chi connectivity index (χ0v) is 16.1. The van der Waals surface area contributed by atoms with Crippen molar-refractivity contribution in [2.24, 2.45) is 0 Å². The van der Waals surface area contributed by atoms with Crippen molar-refractivity contribution in [1.82, 2.24) is 5.32 Å². The molecule has 1 amide bonds. The summed E-state index contributed by atoms with van der Waals surface area (Å²) in [5.41, 5.74) is 1.52. The second kappa shape index (κ2) is 8.15. The monoisotopic (exact) mass is 383 g/mol. The molecule has 4 rings (SSSR count). The fourth-order valence-electron chi connectivity index (χ4n) is 3.70. The molecule has 144 valence electrons. The van der Waals surface area contributed by atoms with Crippen molar-refractivity contribution < 1.29 is 14.3 Å². The Balaban J connectivity index is 1.76. The van der Waals surface area contributed by atoms with Gasteiger partial charge in [0.15, 0.2) is 0 Å². The molecule has 0 bridgehead atoms. The van der Waals surface area contributed by atoms with Crippen LogP contribution in [0.5, 0.6) is 0 Å². The van der Waals surface area contributed by atoms with Crippen LogP contribution in [0.4, 0.5) is 0 Å². The van der Waals surface area contributed by atoms with Crippen molar-refractivity contribution in [3.63, 3.8) is 0 Å². The predicted molar refractivity (Wildman–Crippen MR) is 115 cm³/mol. The molecule has 0 fully saturated rings. The molecule has 0 saturated heterocycles. The molecular formula is C25H21NO3. The molecule has 0 aliphatic carbocycles. The summed E-state index contributed by atoms with van der Waals surface area (Å²) in [5, 5.41) is 7.17. The molecule has 1 atom stereocenters. The van der Waals surface area contributed by atoms with E-state index in [9.17, 15) is 9.59 Å². The molecule has 4 aromatic carbocycles. The SMILES string of the molecule is COC(=O)[C@@H](Cc1c2ccccc2cc2ccccc12)NC(=O)c1ccccc1. The van der Waals surface area contributed by atoms with Gasteiger partial charge in [0.05, 0.1) is 7.11 Å². The summed E-state index contributed by atoms with van der Waals surface area (Å²) in [6.45, 7) is 0. The van der Waals surface area contributed by atoms with Crippen LogP contribution in [-0.2, 0) is 16.0 Å². The van der Waals surface area contributed by atoms with Gasteiger partial charge in [0.2, 0.25) is 0 Å². The Labute approximate surface area is 169 Å². The first kappa shape index (κ1) is 18.7. The Morgan fingerprint density at radius 1 is 0.828 bits per heavy atom. The number of amides is 1. The van der Waals surface area contributed by atoms with Crippen LogP contribution in [-0.4, -0.2) is 25.0 Å². The molecule has 4 heteroatoms. The number of carbonyl (C=O) groups excluding carboxylic acids is 2. The number of nitrogens with one attached hydrogen (secondary N) is 1.